The van der Waals surface area contributed by atoms with Crippen LogP contribution in [0.2, 0.25) is 0 Å². The van der Waals surface area contributed by atoms with Gasteiger partial charge in [0.1, 0.15) is 0 Å². The van der Waals surface area contributed by atoms with E-state index in [-0.39, 0.29) is 23.8 Å². The Hall–Kier alpha value is -2.14. The molecule has 0 fully saturated rings. The number of benzene rings is 1. The minimum Gasteiger partial charge on any atom is -0.352 e. The number of nitrogens with two attached hydrogens (primary N) is 1. The first-order valence-electron chi connectivity index (χ1n) is 7.23. The number of nitrogens with one attached hydrogen (secondary N) is 2. The quantitative estimate of drug-likeness (QED) is 0.720. The molecule has 1 aromatic rings. The standard InChI is InChI=1S/C16H21N3O2/c1-2-8-18-15(20)11-4-3-5-14(10-11)19-16(21)12-6-7-13(17)9-12/h3-7,10,12-13H,2,8-9,17H2,1H3,(H,18,20)(H,19,21). The fourth-order valence-corrected chi connectivity index (χ4v) is 2.24. The summed E-state index contributed by atoms with van der Waals surface area (Å²) < 4.78 is 0. The molecule has 4 N–H and O–H groups in total. The molecule has 2 atom stereocenters. The highest BCUT2D eigenvalue weighted by molar-refractivity contribution is 5.98. The monoisotopic (exact) mass is 287 g/mol. The van der Waals surface area contributed by atoms with Crippen LogP contribution in [0.1, 0.15) is 30.1 Å². The molecule has 0 bridgehead atoms. The molecule has 0 heterocycles. The van der Waals surface area contributed by atoms with E-state index in [4.69, 9.17) is 5.73 Å². The molecule has 1 aliphatic carbocycles. The van der Waals surface area contributed by atoms with Crippen molar-refractivity contribution in [2.24, 2.45) is 11.7 Å². The van der Waals surface area contributed by atoms with E-state index in [1.54, 1.807) is 24.3 Å². The molecule has 0 saturated carbocycles. The summed E-state index contributed by atoms with van der Waals surface area (Å²) in [5.74, 6) is -0.418. The highest BCUT2D eigenvalue weighted by Gasteiger charge is 2.22. The molecule has 5 heteroatoms. The number of hydrogen-bond donors (Lipinski definition) is 3. The van der Waals surface area contributed by atoms with Crippen molar-refractivity contribution in [1.82, 2.24) is 5.32 Å². The molecule has 0 saturated heterocycles. The van der Waals surface area contributed by atoms with E-state index in [0.29, 0.717) is 24.2 Å². The highest BCUT2D eigenvalue weighted by atomic mass is 16.2. The van der Waals surface area contributed by atoms with Gasteiger partial charge in [-0.05, 0) is 31.0 Å². The van der Waals surface area contributed by atoms with Crippen LogP contribution in [0.3, 0.4) is 0 Å². The van der Waals surface area contributed by atoms with E-state index in [2.05, 4.69) is 10.6 Å². The van der Waals surface area contributed by atoms with Crippen LogP contribution in [0.4, 0.5) is 5.69 Å². The molecule has 0 aromatic heterocycles. The first-order chi connectivity index (χ1) is 10.1. The van der Waals surface area contributed by atoms with Crippen molar-refractivity contribution in [3.8, 4) is 0 Å². The SMILES string of the molecule is CCCNC(=O)c1cccc(NC(=O)C2C=CC(N)C2)c1. The predicted octanol–water partition coefficient (Wildman–Crippen LogP) is 1.67. The zero-order valence-electron chi connectivity index (χ0n) is 12.1. The van der Waals surface area contributed by atoms with Crippen LogP contribution in [0, 0.1) is 5.92 Å². The van der Waals surface area contributed by atoms with E-state index >= 15 is 0 Å². The van der Waals surface area contributed by atoms with Gasteiger partial charge in [-0.3, -0.25) is 9.59 Å². The molecule has 0 spiro atoms. The van der Waals surface area contributed by atoms with Crippen LogP contribution in [-0.2, 0) is 4.79 Å². The summed E-state index contributed by atoms with van der Waals surface area (Å²) in [5.41, 5.74) is 6.91. The molecular weight excluding hydrogens is 266 g/mol. The first-order valence-corrected chi connectivity index (χ1v) is 7.23. The average molecular weight is 287 g/mol. The van der Waals surface area contributed by atoms with Gasteiger partial charge in [0.25, 0.3) is 5.91 Å². The normalized spacial score (nSPS) is 20.3. The van der Waals surface area contributed by atoms with Crippen LogP contribution in [0.25, 0.3) is 0 Å². The first kappa shape index (κ1) is 15.3. The highest BCUT2D eigenvalue weighted by Crippen LogP contribution is 2.19. The van der Waals surface area contributed by atoms with Gasteiger partial charge in [0, 0.05) is 23.8 Å². The maximum Gasteiger partial charge on any atom is 0.251 e. The van der Waals surface area contributed by atoms with E-state index in [1.165, 1.54) is 0 Å². The molecule has 0 aliphatic heterocycles. The van der Waals surface area contributed by atoms with Gasteiger partial charge in [-0.25, -0.2) is 0 Å². The Bertz CT molecular complexity index is 554. The largest absolute Gasteiger partial charge is 0.352 e. The second kappa shape index (κ2) is 7.04. The molecule has 1 aliphatic rings. The lowest BCUT2D eigenvalue weighted by molar-refractivity contribution is -0.118. The van der Waals surface area contributed by atoms with Crippen molar-refractivity contribution in [3.63, 3.8) is 0 Å². The molecule has 21 heavy (non-hydrogen) atoms. The number of hydrogen-bond acceptors (Lipinski definition) is 3. The lowest BCUT2D eigenvalue weighted by Crippen LogP contribution is -2.25. The second-order valence-electron chi connectivity index (χ2n) is 5.22. The summed E-state index contributed by atoms with van der Waals surface area (Å²) in [5, 5.41) is 5.64. The van der Waals surface area contributed by atoms with Crippen molar-refractivity contribution < 1.29 is 9.59 Å². The van der Waals surface area contributed by atoms with Crippen molar-refractivity contribution in [1.29, 1.82) is 0 Å². The fourth-order valence-electron chi connectivity index (χ4n) is 2.24. The third-order valence-electron chi connectivity index (χ3n) is 3.38. The molecular formula is C16H21N3O2. The lowest BCUT2D eigenvalue weighted by atomic mass is 10.1. The van der Waals surface area contributed by atoms with Crippen LogP contribution in [0.5, 0.6) is 0 Å². The third-order valence-corrected chi connectivity index (χ3v) is 3.38. The third kappa shape index (κ3) is 4.16. The van der Waals surface area contributed by atoms with E-state index in [0.717, 1.165) is 6.42 Å². The van der Waals surface area contributed by atoms with Gasteiger partial charge < -0.3 is 16.4 Å². The average Bonchev–Trinajstić information content (AvgIpc) is 2.91. The van der Waals surface area contributed by atoms with Crippen LogP contribution in [0.15, 0.2) is 36.4 Å². The number of carbonyl (C=O) groups is 2. The molecule has 112 valence electrons. The summed E-state index contributed by atoms with van der Waals surface area (Å²) in [4.78, 5) is 24.0. The molecule has 5 nitrogen and oxygen atoms in total. The zero-order chi connectivity index (χ0) is 15.2. The summed E-state index contributed by atoms with van der Waals surface area (Å²) in [6.45, 7) is 2.64. The Morgan fingerprint density at radius 3 is 2.81 bits per heavy atom. The molecule has 1 aromatic carbocycles. The maximum absolute atomic E-state index is 12.1. The Morgan fingerprint density at radius 1 is 1.33 bits per heavy atom. The summed E-state index contributed by atoms with van der Waals surface area (Å²) in [6, 6.07) is 6.89. The fraction of sp³-hybridized carbons (Fsp3) is 0.375. The number of carbonyl (C=O) groups excluding carboxylic acids is 2. The Labute approximate surface area is 124 Å². The summed E-state index contributed by atoms with van der Waals surface area (Å²) in [7, 11) is 0. The topological polar surface area (TPSA) is 84.2 Å². The zero-order valence-corrected chi connectivity index (χ0v) is 12.1. The lowest BCUT2D eigenvalue weighted by Gasteiger charge is -2.11. The molecule has 2 rings (SSSR count). The molecule has 2 amide bonds. The number of amides is 2. The Kier molecular flexibility index (Phi) is 5.11. The summed E-state index contributed by atoms with van der Waals surface area (Å²) >= 11 is 0. The molecule has 0 radical (unpaired) electrons. The van der Waals surface area contributed by atoms with Crippen molar-refractivity contribution in [2.75, 3.05) is 11.9 Å². The van der Waals surface area contributed by atoms with Gasteiger partial charge in [0.15, 0.2) is 0 Å². The smallest absolute Gasteiger partial charge is 0.251 e. The maximum atomic E-state index is 12.1. The van der Waals surface area contributed by atoms with E-state index in [9.17, 15) is 9.59 Å². The van der Waals surface area contributed by atoms with E-state index < -0.39 is 0 Å². The number of rotatable bonds is 5. The second-order valence-corrected chi connectivity index (χ2v) is 5.22. The summed E-state index contributed by atoms with van der Waals surface area (Å²) in [6.07, 6.45) is 5.19. The minimum atomic E-state index is -0.197. The van der Waals surface area contributed by atoms with Crippen molar-refractivity contribution >= 4 is 17.5 Å². The van der Waals surface area contributed by atoms with Crippen LogP contribution >= 0.6 is 0 Å². The Morgan fingerprint density at radius 2 is 2.14 bits per heavy atom. The van der Waals surface area contributed by atoms with Gasteiger partial charge in [-0.2, -0.15) is 0 Å². The van der Waals surface area contributed by atoms with Crippen molar-refractivity contribution in [2.45, 2.75) is 25.8 Å². The van der Waals surface area contributed by atoms with Gasteiger partial charge >= 0.3 is 0 Å². The van der Waals surface area contributed by atoms with E-state index in [1.807, 2.05) is 19.1 Å². The van der Waals surface area contributed by atoms with Gasteiger partial charge in [-0.1, -0.05) is 25.1 Å². The van der Waals surface area contributed by atoms with Gasteiger partial charge in [0.2, 0.25) is 5.91 Å². The Balaban J connectivity index is 1.99. The van der Waals surface area contributed by atoms with Crippen LogP contribution < -0.4 is 16.4 Å². The van der Waals surface area contributed by atoms with Gasteiger partial charge in [0.05, 0.1) is 5.92 Å². The minimum absolute atomic E-state index is 0.0492. The molecule has 2 unspecified atom stereocenters. The van der Waals surface area contributed by atoms with Crippen LogP contribution in [-0.4, -0.2) is 24.4 Å². The number of anilines is 1. The van der Waals surface area contributed by atoms with Crippen molar-refractivity contribution in [3.05, 3.63) is 42.0 Å². The van der Waals surface area contributed by atoms with Gasteiger partial charge in [-0.15, -0.1) is 0 Å². The predicted molar refractivity (Wildman–Crippen MR) is 82.9 cm³/mol.